The van der Waals surface area contributed by atoms with E-state index < -0.39 is 17.9 Å². The maximum atomic E-state index is 12.3. The van der Waals surface area contributed by atoms with E-state index in [1.807, 2.05) is 0 Å². The maximum absolute atomic E-state index is 12.3. The van der Waals surface area contributed by atoms with Crippen LogP contribution in [0.5, 0.6) is 0 Å². The highest BCUT2D eigenvalue weighted by Crippen LogP contribution is 2.32. The van der Waals surface area contributed by atoms with Crippen LogP contribution in [0.15, 0.2) is 35.8 Å². The van der Waals surface area contributed by atoms with Crippen molar-refractivity contribution < 1.29 is 9.53 Å². The van der Waals surface area contributed by atoms with Crippen molar-refractivity contribution in [3.05, 3.63) is 46.5 Å². The summed E-state index contributed by atoms with van der Waals surface area (Å²) >= 11 is 17.1. The summed E-state index contributed by atoms with van der Waals surface area (Å²) in [5.74, 6) is -0.990. The molecule has 1 aliphatic heterocycles. The van der Waals surface area contributed by atoms with E-state index in [-0.39, 0.29) is 6.61 Å². The van der Waals surface area contributed by atoms with Crippen molar-refractivity contribution >= 4 is 52.2 Å². The number of hydrogen-bond acceptors (Lipinski definition) is 3. The summed E-state index contributed by atoms with van der Waals surface area (Å²) in [4.78, 5) is 16.5. The highest BCUT2D eigenvalue weighted by atomic mass is 35.5. The van der Waals surface area contributed by atoms with Gasteiger partial charge in [0.25, 0.3) is 0 Å². The first-order valence-electron chi connectivity index (χ1n) is 6.52. The lowest BCUT2D eigenvalue weighted by Crippen LogP contribution is -2.44. The molecule has 1 aromatic carbocycles. The van der Waals surface area contributed by atoms with Gasteiger partial charge in [-0.1, -0.05) is 41.9 Å². The lowest BCUT2D eigenvalue weighted by Gasteiger charge is -2.31. The molecule has 0 saturated heterocycles. The molecule has 2 unspecified atom stereocenters. The van der Waals surface area contributed by atoms with E-state index in [1.54, 1.807) is 25.1 Å². The quantitative estimate of drug-likeness (QED) is 0.507. The van der Waals surface area contributed by atoms with Crippen LogP contribution in [0.4, 0.5) is 0 Å². The average Bonchev–Trinajstić information content (AvgIpc) is 2.46. The smallest absolute Gasteiger partial charge is 0.317 e. The van der Waals surface area contributed by atoms with Gasteiger partial charge in [-0.25, -0.2) is 4.99 Å². The summed E-state index contributed by atoms with van der Waals surface area (Å²) in [6, 6.07) is 4.77. The van der Waals surface area contributed by atoms with E-state index in [0.717, 1.165) is 5.56 Å². The number of aliphatic imine (C=N–C) groups is 1. The van der Waals surface area contributed by atoms with Crippen LogP contribution in [-0.4, -0.2) is 23.4 Å². The molecule has 1 aliphatic rings. The van der Waals surface area contributed by atoms with Gasteiger partial charge in [-0.3, -0.25) is 4.79 Å². The van der Waals surface area contributed by atoms with Crippen LogP contribution in [0.3, 0.4) is 0 Å². The molecule has 1 N–H and O–H groups in total. The van der Waals surface area contributed by atoms with Crippen LogP contribution in [0, 0.1) is 5.92 Å². The molecule has 0 aromatic heterocycles. The van der Waals surface area contributed by atoms with Crippen LogP contribution in [0.2, 0.25) is 10.0 Å². The van der Waals surface area contributed by atoms with E-state index in [0.29, 0.717) is 20.9 Å². The molecule has 116 valence electrons. The molecule has 0 bridgehead atoms. The molecule has 0 aliphatic carbocycles. The van der Waals surface area contributed by atoms with Gasteiger partial charge in [0, 0.05) is 5.71 Å². The molecular formula is C15H14Cl2N2O2S. The fraction of sp³-hybridized carbons (Fsp3) is 0.267. The Morgan fingerprint density at radius 3 is 2.86 bits per heavy atom. The zero-order chi connectivity index (χ0) is 16.3. The van der Waals surface area contributed by atoms with E-state index in [9.17, 15) is 4.79 Å². The Labute approximate surface area is 144 Å². The number of carbonyl (C=O) groups is 1. The van der Waals surface area contributed by atoms with E-state index in [4.69, 9.17) is 40.2 Å². The third kappa shape index (κ3) is 3.66. The second-order valence-electron chi connectivity index (χ2n) is 4.75. The minimum atomic E-state index is -0.594. The number of nitrogens with one attached hydrogen (secondary N) is 1. The standard InChI is InChI=1S/C15H14Cl2N2O2S/c1-3-6-21-14(20)12-8(2)18-15(22)19-13(12)9-4-5-10(16)11(17)7-9/h3-5,7,12-13H,1,6H2,2H3,(H,19,22). The average molecular weight is 357 g/mol. The molecule has 7 heteroatoms. The highest BCUT2D eigenvalue weighted by molar-refractivity contribution is 7.80. The molecule has 1 heterocycles. The molecule has 0 radical (unpaired) electrons. The van der Waals surface area contributed by atoms with Crippen LogP contribution in [0.1, 0.15) is 18.5 Å². The van der Waals surface area contributed by atoms with Gasteiger partial charge in [0.05, 0.1) is 16.1 Å². The lowest BCUT2D eigenvalue weighted by molar-refractivity contribution is -0.145. The SMILES string of the molecule is C=CCOC(=O)C1C(C)=NC(=S)NC1c1ccc(Cl)c(Cl)c1. The number of esters is 1. The molecule has 0 saturated carbocycles. The van der Waals surface area contributed by atoms with Crippen molar-refractivity contribution in [2.24, 2.45) is 10.9 Å². The Hall–Kier alpha value is -1.43. The van der Waals surface area contributed by atoms with Crippen molar-refractivity contribution in [1.82, 2.24) is 5.32 Å². The predicted octanol–water partition coefficient (Wildman–Crippen LogP) is 3.73. The summed E-state index contributed by atoms with van der Waals surface area (Å²) in [5, 5.41) is 4.21. The lowest BCUT2D eigenvalue weighted by atomic mass is 9.88. The number of rotatable bonds is 4. The first kappa shape index (κ1) is 16.9. The summed E-state index contributed by atoms with van der Waals surface area (Å²) in [5.41, 5.74) is 1.38. The van der Waals surface area contributed by atoms with Gasteiger partial charge in [-0.15, -0.1) is 0 Å². The van der Waals surface area contributed by atoms with Gasteiger partial charge in [-0.2, -0.15) is 0 Å². The summed E-state index contributed by atoms with van der Waals surface area (Å²) < 4.78 is 5.16. The normalized spacial score (nSPS) is 20.9. The molecule has 4 nitrogen and oxygen atoms in total. The van der Waals surface area contributed by atoms with E-state index in [2.05, 4.69) is 16.9 Å². The van der Waals surface area contributed by atoms with Crippen LogP contribution >= 0.6 is 35.4 Å². The molecule has 0 fully saturated rings. The predicted molar refractivity (Wildman–Crippen MR) is 92.7 cm³/mol. The number of halogens is 2. The van der Waals surface area contributed by atoms with Gasteiger partial charge in [0.1, 0.15) is 12.5 Å². The van der Waals surface area contributed by atoms with Gasteiger partial charge in [-0.05, 0) is 36.8 Å². The van der Waals surface area contributed by atoms with Gasteiger partial charge in [0.15, 0.2) is 5.11 Å². The zero-order valence-electron chi connectivity index (χ0n) is 11.8. The van der Waals surface area contributed by atoms with Crippen LogP contribution in [0.25, 0.3) is 0 Å². The molecule has 2 atom stereocenters. The fourth-order valence-electron chi connectivity index (χ4n) is 2.24. The Kier molecular flexibility index (Phi) is 5.56. The Bertz CT molecular complexity index is 661. The first-order valence-corrected chi connectivity index (χ1v) is 7.68. The number of thiocarbonyl (C=S) groups is 1. The van der Waals surface area contributed by atoms with Gasteiger partial charge >= 0.3 is 5.97 Å². The van der Waals surface area contributed by atoms with E-state index in [1.165, 1.54) is 6.08 Å². The summed E-state index contributed by atoms with van der Waals surface area (Å²) in [6.07, 6.45) is 1.51. The fourth-order valence-corrected chi connectivity index (χ4v) is 2.82. The summed E-state index contributed by atoms with van der Waals surface area (Å²) in [7, 11) is 0. The monoisotopic (exact) mass is 356 g/mol. The molecule has 0 spiro atoms. The third-order valence-corrected chi connectivity index (χ3v) is 4.19. The number of benzene rings is 1. The third-order valence-electron chi connectivity index (χ3n) is 3.24. The zero-order valence-corrected chi connectivity index (χ0v) is 14.1. The van der Waals surface area contributed by atoms with Crippen molar-refractivity contribution in [2.75, 3.05) is 6.61 Å². The molecular weight excluding hydrogens is 343 g/mol. The second kappa shape index (κ2) is 7.22. The molecule has 1 aromatic rings. The molecule has 2 rings (SSSR count). The molecule has 0 amide bonds. The topological polar surface area (TPSA) is 50.7 Å². The largest absolute Gasteiger partial charge is 0.461 e. The number of carbonyl (C=O) groups excluding carboxylic acids is 1. The Balaban J connectivity index is 2.38. The maximum Gasteiger partial charge on any atom is 0.317 e. The van der Waals surface area contributed by atoms with E-state index >= 15 is 0 Å². The highest BCUT2D eigenvalue weighted by Gasteiger charge is 2.37. The van der Waals surface area contributed by atoms with Crippen molar-refractivity contribution in [2.45, 2.75) is 13.0 Å². The number of ether oxygens (including phenoxy) is 1. The summed E-state index contributed by atoms with van der Waals surface area (Å²) in [6.45, 7) is 5.42. The van der Waals surface area contributed by atoms with Crippen molar-refractivity contribution in [1.29, 1.82) is 0 Å². The Morgan fingerprint density at radius 2 is 2.23 bits per heavy atom. The second-order valence-corrected chi connectivity index (χ2v) is 5.95. The van der Waals surface area contributed by atoms with Crippen LogP contribution < -0.4 is 5.32 Å². The molecule has 22 heavy (non-hydrogen) atoms. The Morgan fingerprint density at radius 1 is 1.50 bits per heavy atom. The minimum Gasteiger partial charge on any atom is -0.461 e. The van der Waals surface area contributed by atoms with Crippen molar-refractivity contribution in [3.8, 4) is 0 Å². The first-order chi connectivity index (χ1) is 10.4. The van der Waals surface area contributed by atoms with Gasteiger partial charge < -0.3 is 10.1 Å². The van der Waals surface area contributed by atoms with Crippen LogP contribution in [-0.2, 0) is 9.53 Å². The number of nitrogens with zero attached hydrogens (tertiary/aromatic N) is 1. The minimum absolute atomic E-state index is 0.140. The van der Waals surface area contributed by atoms with Gasteiger partial charge in [0.2, 0.25) is 0 Å². The van der Waals surface area contributed by atoms with Crippen molar-refractivity contribution in [3.63, 3.8) is 0 Å². The number of hydrogen-bond donors (Lipinski definition) is 1.